The Morgan fingerprint density at radius 3 is 2.07 bits per heavy atom. The lowest BCUT2D eigenvalue weighted by Crippen LogP contribution is -2.43. The van der Waals surface area contributed by atoms with Crippen molar-refractivity contribution in [2.24, 2.45) is 5.41 Å². The van der Waals surface area contributed by atoms with Crippen molar-refractivity contribution in [1.82, 2.24) is 0 Å². The van der Waals surface area contributed by atoms with E-state index in [0.717, 1.165) is 6.92 Å². The normalized spacial score (nSPS) is 16.3. The standard InChI is InChI=1S/C8H11F5O2/c1-3-7(2,8(11,12)13)6(14)15-4-5(9)10/h5H,3-4H2,1-2H3. The molecule has 15 heavy (non-hydrogen) atoms. The first kappa shape index (κ1) is 14.1. The number of rotatable bonds is 4. The molecule has 0 saturated heterocycles. The van der Waals surface area contributed by atoms with Gasteiger partial charge in [0.15, 0.2) is 12.0 Å². The lowest BCUT2D eigenvalue weighted by atomic mass is 9.87. The van der Waals surface area contributed by atoms with Crippen molar-refractivity contribution in [2.75, 3.05) is 6.61 Å². The molecule has 0 aromatic carbocycles. The molecule has 0 saturated carbocycles. The quantitative estimate of drug-likeness (QED) is 0.552. The van der Waals surface area contributed by atoms with E-state index < -0.39 is 37.0 Å². The Labute approximate surface area is 83.4 Å². The van der Waals surface area contributed by atoms with E-state index in [1.54, 1.807) is 0 Å². The minimum absolute atomic E-state index is 0.557. The van der Waals surface area contributed by atoms with Crippen molar-refractivity contribution in [3.8, 4) is 0 Å². The van der Waals surface area contributed by atoms with Crippen LogP contribution in [0.4, 0.5) is 22.0 Å². The van der Waals surface area contributed by atoms with Gasteiger partial charge in [-0.05, 0) is 13.3 Å². The zero-order valence-electron chi connectivity index (χ0n) is 8.20. The van der Waals surface area contributed by atoms with Gasteiger partial charge in [0.1, 0.15) is 0 Å². The molecule has 0 amide bonds. The minimum Gasteiger partial charge on any atom is -0.459 e. The van der Waals surface area contributed by atoms with E-state index in [1.165, 1.54) is 0 Å². The average molecular weight is 234 g/mol. The molecule has 90 valence electrons. The first-order valence-electron chi connectivity index (χ1n) is 4.17. The summed E-state index contributed by atoms with van der Waals surface area (Å²) in [5.74, 6) is -1.67. The van der Waals surface area contributed by atoms with Crippen LogP contribution in [0.3, 0.4) is 0 Å². The van der Waals surface area contributed by atoms with Gasteiger partial charge in [0.05, 0.1) is 0 Å². The molecule has 0 N–H and O–H groups in total. The highest BCUT2D eigenvalue weighted by Crippen LogP contribution is 2.41. The third kappa shape index (κ3) is 3.32. The molecule has 0 aliphatic heterocycles. The van der Waals surface area contributed by atoms with Crippen molar-refractivity contribution in [2.45, 2.75) is 32.9 Å². The van der Waals surface area contributed by atoms with E-state index in [1.807, 2.05) is 0 Å². The average Bonchev–Trinajstić information content (AvgIpc) is 2.10. The number of hydrogen-bond donors (Lipinski definition) is 0. The van der Waals surface area contributed by atoms with Crippen LogP contribution >= 0.6 is 0 Å². The van der Waals surface area contributed by atoms with Crippen molar-refractivity contribution in [1.29, 1.82) is 0 Å². The number of esters is 1. The monoisotopic (exact) mass is 234 g/mol. The molecule has 0 bridgehead atoms. The van der Waals surface area contributed by atoms with E-state index >= 15 is 0 Å². The molecule has 0 heterocycles. The van der Waals surface area contributed by atoms with Gasteiger partial charge in [0.25, 0.3) is 6.43 Å². The Hall–Kier alpha value is -0.880. The van der Waals surface area contributed by atoms with Crippen molar-refractivity contribution >= 4 is 5.97 Å². The van der Waals surface area contributed by atoms with E-state index in [0.29, 0.717) is 6.92 Å². The zero-order valence-corrected chi connectivity index (χ0v) is 8.20. The van der Waals surface area contributed by atoms with Crippen LogP contribution in [-0.4, -0.2) is 25.2 Å². The maximum Gasteiger partial charge on any atom is 0.404 e. The third-order valence-electron chi connectivity index (χ3n) is 2.12. The first-order valence-corrected chi connectivity index (χ1v) is 4.17. The van der Waals surface area contributed by atoms with Crippen LogP contribution in [0.5, 0.6) is 0 Å². The van der Waals surface area contributed by atoms with E-state index in [2.05, 4.69) is 4.74 Å². The molecule has 1 atom stereocenters. The van der Waals surface area contributed by atoms with Gasteiger partial charge in [-0.25, -0.2) is 8.78 Å². The summed E-state index contributed by atoms with van der Waals surface area (Å²) in [4.78, 5) is 11.0. The van der Waals surface area contributed by atoms with Crippen molar-refractivity contribution in [3.05, 3.63) is 0 Å². The van der Waals surface area contributed by atoms with Crippen LogP contribution in [0.2, 0.25) is 0 Å². The van der Waals surface area contributed by atoms with Gasteiger partial charge in [-0.2, -0.15) is 13.2 Å². The maximum absolute atomic E-state index is 12.4. The molecule has 0 fully saturated rings. The number of halogens is 5. The predicted octanol–water partition coefficient (Wildman–Crippen LogP) is 2.77. The molecular weight excluding hydrogens is 223 g/mol. The molecule has 7 heteroatoms. The Morgan fingerprint density at radius 1 is 1.33 bits per heavy atom. The number of carbonyl (C=O) groups is 1. The topological polar surface area (TPSA) is 26.3 Å². The molecule has 0 spiro atoms. The first-order chi connectivity index (χ1) is 6.65. The summed E-state index contributed by atoms with van der Waals surface area (Å²) in [5.41, 5.74) is -2.72. The fraction of sp³-hybridized carbons (Fsp3) is 0.875. The molecule has 0 aromatic rings. The second-order valence-electron chi connectivity index (χ2n) is 3.17. The molecule has 1 unspecified atom stereocenters. The van der Waals surface area contributed by atoms with E-state index in [4.69, 9.17) is 0 Å². The van der Waals surface area contributed by atoms with Crippen LogP contribution < -0.4 is 0 Å². The lowest BCUT2D eigenvalue weighted by Gasteiger charge is -2.28. The minimum atomic E-state index is -4.80. The van der Waals surface area contributed by atoms with Gasteiger partial charge in [-0.1, -0.05) is 6.92 Å². The van der Waals surface area contributed by atoms with Crippen LogP contribution in [0, 0.1) is 5.41 Å². The Morgan fingerprint density at radius 2 is 1.80 bits per heavy atom. The van der Waals surface area contributed by atoms with Gasteiger partial charge in [0.2, 0.25) is 0 Å². The second kappa shape index (κ2) is 4.76. The highest BCUT2D eigenvalue weighted by atomic mass is 19.4. The van der Waals surface area contributed by atoms with Crippen LogP contribution in [0.1, 0.15) is 20.3 Å². The molecule has 0 radical (unpaired) electrons. The van der Waals surface area contributed by atoms with Crippen molar-refractivity contribution < 1.29 is 31.5 Å². The number of hydrogen-bond acceptors (Lipinski definition) is 2. The molecule has 0 aliphatic rings. The van der Waals surface area contributed by atoms with Crippen LogP contribution in [0.25, 0.3) is 0 Å². The van der Waals surface area contributed by atoms with Gasteiger partial charge in [-0.15, -0.1) is 0 Å². The smallest absolute Gasteiger partial charge is 0.404 e. The predicted molar refractivity (Wildman–Crippen MR) is 41.4 cm³/mol. The molecule has 0 aliphatic carbocycles. The van der Waals surface area contributed by atoms with E-state index in [-0.39, 0.29) is 0 Å². The Balaban J connectivity index is 4.61. The maximum atomic E-state index is 12.4. The molecule has 0 rings (SSSR count). The highest BCUT2D eigenvalue weighted by Gasteiger charge is 2.56. The molecule has 2 nitrogen and oxygen atoms in total. The second-order valence-corrected chi connectivity index (χ2v) is 3.17. The van der Waals surface area contributed by atoms with Gasteiger partial charge in [0, 0.05) is 0 Å². The van der Waals surface area contributed by atoms with E-state index in [9.17, 15) is 26.7 Å². The fourth-order valence-corrected chi connectivity index (χ4v) is 0.758. The number of ether oxygens (including phenoxy) is 1. The Kier molecular flexibility index (Phi) is 4.48. The summed E-state index contributed by atoms with van der Waals surface area (Å²) in [7, 11) is 0. The molecule has 0 aromatic heterocycles. The van der Waals surface area contributed by atoms with Gasteiger partial charge >= 0.3 is 12.1 Å². The summed E-state index contributed by atoms with van der Waals surface area (Å²) >= 11 is 0. The zero-order chi connectivity index (χ0) is 12.3. The summed E-state index contributed by atoms with van der Waals surface area (Å²) in [5, 5.41) is 0. The SMILES string of the molecule is CCC(C)(C(=O)OCC(F)F)C(F)(F)F. The summed E-state index contributed by atoms with van der Waals surface area (Å²) in [6.07, 6.45) is -8.33. The summed E-state index contributed by atoms with van der Waals surface area (Å²) < 4.78 is 64.3. The fourth-order valence-electron chi connectivity index (χ4n) is 0.758. The Bertz CT molecular complexity index is 226. The summed E-state index contributed by atoms with van der Waals surface area (Å²) in [6.45, 7) is 0.447. The van der Waals surface area contributed by atoms with Crippen LogP contribution in [-0.2, 0) is 9.53 Å². The summed E-state index contributed by atoms with van der Waals surface area (Å²) in [6, 6.07) is 0. The number of carbonyl (C=O) groups excluding carboxylic acids is 1. The van der Waals surface area contributed by atoms with Gasteiger partial charge in [-0.3, -0.25) is 4.79 Å². The lowest BCUT2D eigenvalue weighted by molar-refractivity contribution is -0.232. The highest BCUT2D eigenvalue weighted by molar-refractivity contribution is 5.77. The number of alkyl halides is 5. The third-order valence-corrected chi connectivity index (χ3v) is 2.12. The largest absolute Gasteiger partial charge is 0.459 e. The van der Waals surface area contributed by atoms with Crippen molar-refractivity contribution in [3.63, 3.8) is 0 Å². The van der Waals surface area contributed by atoms with Crippen LogP contribution in [0.15, 0.2) is 0 Å². The molecular formula is C8H11F5O2. The van der Waals surface area contributed by atoms with Gasteiger partial charge < -0.3 is 4.74 Å².